The van der Waals surface area contributed by atoms with Crippen molar-refractivity contribution >= 4 is 21.6 Å². The molecule has 0 spiro atoms. The third-order valence-corrected chi connectivity index (χ3v) is 8.49. The first kappa shape index (κ1) is 23.4. The van der Waals surface area contributed by atoms with Gasteiger partial charge >= 0.3 is 0 Å². The maximum atomic E-state index is 4.70. The number of benzene rings is 2. The Hall–Kier alpha value is -1.72. The molecule has 1 saturated carbocycles. The van der Waals surface area contributed by atoms with E-state index in [1.807, 2.05) is 10.8 Å². The van der Waals surface area contributed by atoms with E-state index in [-0.39, 0.29) is 0 Å². The van der Waals surface area contributed by atoms with Crippen LogP contribution in [-0.4, -0.2) is 14.8 Å². The van der Waals surface area contributed by atoms with Gasteiger partial charge in [0.15, 0.2) is 5.82 Å². The lowest BCUT2D eigenvalue weighted by Crippen LogP contribution is -2.12. The lowest BCUT2D eigenvalue weighted by Gasteiger charge is -2.23. The summed E-state index contributed by atoms with van der Waals surface area (Å²) in [6.07, 6.45) is 14.8. The van der Waals surface area contributed by atoms with E-state index in [9.17, 15) is 0 Å². The van der Waals surface area contributed by atoms with Crippen LogP contribution in [0.4, 0.5) is 0 Å². The van der Waals surface area contributed by atoms with Crippen LogP contribution in [0.2, 0.25) is 0 Å². The predicted octanol–water partition coefficient (Wildman–Crippen LogP) is 8.73. The fourth-order valence-corrected chi connectivity index (χ4v) is 6.70. The van der Waals surface area contributed by atoms with E-state index in [2.05, 4.69) is 70.3 Å². The van der Waals surface area contributed by atoms with E-state index in [4.69, 9.17) is 5.10 Å². The van der Waals surface area contributed by atoms with Gasteiger partial charge in [0.25, 0.3) is 0 Å². The van der Waals surface area contributed by atoms with Gasteiger partial charge in [-0.2, -0.15) is 0 Å². The van der Waals surface area contributed by atoms with Crippen molar-refractivity contribution in [1.82, 2.24) is 14.8 Å². The molecule has 0 amide bonds. The molecule has 2 aromatic carbocycles. The lowest BCUT2D eigenvalue weighted by molar-refractivity contribution is 0.372. The standard InChI is InChI=1S/C27H35N3S2/c1-2-4-6-14-20-25(21-15-7-5-3-1)30-26(24-18-12-9-13-19-24)28-29-27(30)32-31-22-23-16-10-8-11-17-23/h8-13,16-19,25H,1-7,14-15,20-22H2. The normalized spacial score (nSPS) is 16.9. The second kappa shape index (κ2) is 13.1. The molecule has 0 radical (unpaired) electrons. The van der Waals surface area contributed by atoms with Crippen molar-refractivity contribution in [3.63, 3.8) is 0 Å². The van der Waals surface area contributed by atoms with Gasteiger partial charge < -0.3 is 0 Å². The van der Waals surface area contributed by atoms with Crippen LogP contribution in [0.15, 0.2) is 65.8 Å². The quantitative estimate of drug-likeness (QED) is 0.340. The average Bonchev–Trinajstić information content (AvgIpc) is 3.24. The molecule has 0 saturated heterocycles. The zero-order chi connectivity index (χ0) is 21.8. The molecular weight excluding hydrogens is 430 g/mol. The van der Waals surface area contributed by atoms with E-state index in [0.717, 1.165) is 16.7 Å². The first-order valence-corrected chi connectivity index (χ1v) is 14.6. The Bertz CT molecular complexity index is 899. The van der Waals surface area contributed by atoms with E-state index < -0.39 is 0 Å². The van der Waals surface area contributed by atoms with Crippen molar-refractivity contribution in [2.24, 2.45) is 0 Å². The number of rotatable bonds is 6. The van der Waals surface area contributed by atoms with Gasteiger partial charge in [0, 0.05) is 17.4 Å². The first-order valence-electron chi connectivity index (χ1n) is 12.3. The highest BCUT2D eigenvalue weighted by Crippen LogP contribution is 2.38. The SMILES string of the molecule is c1ccc(CSSc2nnc(-c3ccccc3)n2C2CCCCCCCCCCC2)cc1. The molecule has 1 heterocycles. The van der Waals surface area contributed by atoms with E-state index in [0.29, 0.717) is 6.04 Å². The van der Waals surface area contributed by atoms with Gasteiger partial charge in [-0.05, 0) is 29.2 Å². The summed E-state index contributed by atoms with van der Waals surface area (Å²) in [4.78, 5) is 0. The number of hydrogen-bond donors (Lipinski definition) is 0. The molecular formula is C27H35N3S2. The van der Waals surface area contributed by atoms with Gasteiger partial charge in [0.2, 0.25) is 5.16 Å². The van der Waals surface area contributed by atoms with Gasteiger partial charge in [0.1, 0.15) is 0 Å². The summed E-state index contributed by atoms with van der Waals surface area (Å²) in [5, 5.41) is 10.4. The Labute approximate surface area is 201 Å². The smallest absolute Gasteiger partial charge is 0.202 e. The Morgan fingerprint density at radius 1 is 0.688 bits per heavy atom. The Morgan fingerprint density at radius 2 is 1.25 bits per heavy atom. The molecule has 170 valence electrons. The molecule has 3 aromatic rings. The summed E-state index contributed by atoms with van der Waals surface area (Å²) in [5.74, 6) is 2.01. The molecule has 4 rings (SSSR count). The van der Waals surface area contributed by atoms with E-state index in [1.54, 1.807) is 10.8 Å². The Morgan fingerprint density at radius 3 is 1.88 bits per heavy atom. The minimum Gasteiger partial charge on any atom is -0.298 e. The van der Waals surface area contributed by atoms with Crippen molar-refractivity contribution < 1.29 is 0 Å². The summed E-state index contributed by atoms with van der Waals surface area (Å²) < 4.78 is 2.48. The second-order valence-corrected chi connectivity index (χ2v) is 11.0. The third kappa shape index (κ3) is 6.89. The van der Waals surface area contributed by atoms with Crippen molar-refractivity contribution in [3.05, 3.63) is 66.2 Å². The highest BCUT2D eigenvalue weighted by molar-refractivity contribution is 8.76. The molecule has 5 heteroatoms. The fraction of sp³-hybridized carbons (Fsp3) is 0.481. The van der Waals surface area contributed by atoms with Crippen LogP contribution in [0.5, 0.6) is 0 Å². The number of aromatic nitrogens is 3. The van der Waals surface area contributed by atoms with Gasteiger partial charge in [0.05, 0.1) is 0 Å². The van der Waals surface area contributed by atoms with Crippen molar-refractivity contribution in [2.75, 3.05) is 0 Å². The molecule has 1 aliphatic rings. The maximum absolute atomic E-state index is 4.70. The predicted molar refractivity (Wildman–Crippen MR) is 139 cm³/mol. The second-order valence-electron chi connectivity index (χ2n) is 8.79. The monoisotopic (exact) mass is 465 g/mol. The molecule has 0 unspecified atom stereocenters. The van der Waals surface area contributed by atoms with Crippen molar-refractivity contribution in [1.29, 1.82) is 0 Å². The maximum Gasteiger partial charge on any atom is 0.202 e. The topological polar surface area (TPSA) is 30.7 Å². The van der Waals surface area contributed by atoms with Crippen molar-refractivity contribution in [3.8, 4) is 11.4 Å². The molecule has 0 aliphatic heterocycles. The molecule has 32 heavy (non-hydrogen) atoms. The summed E-state index contributed by atoms with van der Waals surface area (Å²) in [6.45, 7) is 0. The van der Waals surface area contributed by atoms with Gasteiger partial charge in [-0.25, -0.2) is 0 Å². The minimum absolute atomic E-state index is 0.486. The zero-order valence-corrected chi connectivity index (χ0v) is 20.6. The highest BCUT2D eigenvalue weighted by atomic mass is 33.1. The van der Waals surface area contributed by atoms with E-state index in [1.165, 1.54) is 81.8 Å². The summed E-state index contributed by atoms with van der Waals surface area (Å²) in [6, 6.07) is 21.8. The van der Waals surface area contributed by atoms with Crippen LogP contribution in [0.3, 0.4) is 0 Å². The van der Waals surface area contributed by atoms with Crippen LogP contribution in [0.25, 0.3) is 11.4 Å². The third-order valence-electron chi connectivity index (χ3n) is 6.34. The molecule has 1 aliphatic carbocycles. The summed E-state index contributed by atoms with van der Waals surface area (Å²) in [5.41, 5.74) is 2.52. The lowest BCUT2D eigenvalue weighted by atomic mass is 9.97. The molecule has 3 nitrogen and oxygen atoms in total. The van der Waals surface area contributed by atoms with Crippen LogP contribution >= 0.6 is 21.6 Å². The Kier molecular flexibility index (Phi) is 9.59. The highest BCUT2D eigenvalue weighted by Gasteiger charge is 2.22. The summed E-state index contributed by atoms with van der Waals surface area (Å²) >= 11 is 0. The van der Waals surface area contributed by atoms with Gasteiger partial charge in [-0.15, -0.1) is 10.2 Å². The first-order chi connectivity index (χ1) is 15.9. The molecule has 1 fully saturated rings. The Balaban J connectivity index is 1.55. The van der Waals surface area contributed by atoms with Gasteiger partial charge in [-0.1, -0.05) is 129 Å². The average molecular weight is 466 g/mol. The molecule has 0 N–H and O–H groups in total. The number of hydrogen-bond acceptors (Lipinski definition) is 4. The molecule has 0 atom stereocenters. The summed E-state index contributed by atoms with van der Waals surface area (Å²) in [7, 11) is 3.65. The molecule has 1 aromatic heterocycles. The van der Waals surface area contributed by atoms with E-state index >= 15 is 0 Å². The largest absolute Gasteiger partial charge is 0.298 e. The van der Waals surface area contributed by atoms with Crippen LogP contribution in [0.1, 0.15) is 82.2 Å². The molecule has 0 bridgehead atoms. The minimum atomic E-state index is 0.486. The van der Waals surface area contributed by atoms with Crippen molar-refractivity contribution in [2.45, 2.75) is 87.6 Å². The van der Waals surface area contributed by atoms with Crippen LogP contribution in [0, 0.1) is 0 Å². The zero-order valence-electron chi connectivity index (χ0n) is 19.0. The van der Waals surface area contributed by atoms with Gasteiger partial charge in [-0.3, -0.25) is 4.57 Å². The van der Waals surface area contributed by atoms with Crippen LogP contribution < -0.4 is 0 Å². The fourth-order valence-electron chi connectivity index (χ4n) is 4.57. The van der Waals surface area contributed by atoms with Crippen LogP contribution in [-0.2, 0) is 5.75 Å². The number of nitrogens with zero attached hydrogens (tertiary/aromatic N) is 3.